The van der Waals surface area contributed by atoms with Gasteiger partial charge in [0.2, 0.25) is 0 Å². The average molecular weight is 261 g/mol. The molecule has 5 nitrogen and oxygen atoms in total. The van der Waals surface area contributed by atoms with Gasteiger partial charge in [-0.1, -0.05) is 11.8 Å². The summed E-state index contributed by atoms with van der Waals surface area (Å²) < 4.78 is 0. The van der Waals surface area contributed by atoms with E-state index in [1.807, 2.05) is 13.8 Å². The lowest BCUT2D eigenvalue weighted by molar-refractivity contribution is 0.0690. The monoisotopic (exact) mass is 261 g/mol. The number of pyridine rings is 1. The molecule has 0 saturated carbocycles. The van der Waals surface area contributed by atoms with Gasteiger partial charge in [-0.3, -0.25) is 4.98 Å². The van der Waals surface area contributed by atoms with Crippen LogP contribution in [-0.4, -0.2) is 26.0 Å². The highest BCUT2D eigenvalue weighted by Gasteiger charge is 2.07. The minimum absolute atomic E-state index is 0.0248. The van der Waals surface area contributed by atoms with Crippen LogP contribution < -0.4 is 0 Å². The molecule has 0 saturated heterocycles. The van der Waals surface area contributed by atoms with Crippen LogP contribution in [0.5, 0.6) is 0 Å². The fourth-order valence-electron chi connectivity index (χ4n) is 1.28. The summed E-state index contributed by atoms with van der Waals surface area (Å²) in [6.45, 7) is 3.79. The van der Waals surface area contributed by atoms with Gasteiger partial charge in [-0.15, -0.1) is 0 Å². The Kier molecular flexibility index (Phi) is 3.57. The van der Waals surface area contributed by atoms with Crippen molar-refractivity contribution in [2.45, 2.75) is 23.8 Å². The number of nitrogens with zero attached hydrogens (tertiary/aromatic N) is 3. The highest BCUT2D eigenvalue weighted by Crippen LogP contribution is 2.25. The van der Waals surface area contributed by atoms with Crippen LogP contribution in [0.15, 0.2) is 34.4 Å². The van der Waals surface area contributed by atoms with E-state index in [2.05, 4.69) is 15.0 Å². The zero-order chi connectivity index (χ0) is 13.1. The van der Waals surface area contributed by atoms with E-state index < -0.39 is 5.97 Å². The first kappa shape index (κ1) is 12.5. The van der Waals surface area contributed by atoms with Crippen molar-refractivity contribution in [1.82, 2.24) is 15.0 Å². The largest absolute Gasteiger partial charge is 0.477 e. The van der Waals surface area contributed by atoms with Crippen molar-refractivity contribution < 1.29 is 9.90 Å². The van der Waals surface area contributed by atoms with Crippen LogP contribution in [0.3, 0.4) is 0 Å². The maximum Gasteiger partial charge on any atom is 0.354 e. The van der Waals surface area contributed by atoms with Crippen molar-refractivity contribution in [2.24, 2.45) is 0 Å². The van der Waals surface area contributed by atoms with E-state index in [0.29, 0.717) is 0 Å². The van der Waals surface area contributed by atoms with Crippen molar-refractivity contribution in [3.63, 3.8) is 0 Å². The molecular weight excluding hydrogens is 250 g/mol. The van der Waals surface area contributed by atoms with Gasteiger partial charge >= 0.3 is 5.97 Å². The third-order valence-corrected chi connectivity index (χ3v) is 3.24. The molecule has 1 N–H and O–H groups in total. The first-order valence-electron chi connectivity index (χ1n) is 5.23. The van der Waals surface area contributed by atoms with Crippen LogP contribution >= 0.6 is 11.8 Å². The van der Waals surface area contributed by atoms with Gasteiger partial charge in [0.05, 0.1) is 17.6 Å². The second kappa shape index (κ2) is 5.14. The van der Waals surface area contributed by atoms with Gasteiger partial charge < -0.3 is 5.11 Å². The van der Waals surface area contributed by atoms with E-state index in [1.54, 1.807) is 12.3 Å². The number of rotatable bonds is 3. The molecule has 2 rings (SSSR count). The Morgan fingerprint density at radius 2 is 2.06 bits per heavy atom. The zero-order valence-electron chi connectivity index (χ0n) is 9.91. The maximum atomic E-state index is 10.8. The molecule has 0 aliphatic heterocycles. The van der Waals surface area contributed by atoms with Gasteiger partial charge in [-0.25, -0.2) is 14.8 Å². The number of carboxylic acid groups (broad SMARTS) is 1. The lowest BCUT2D eigenvalue weighted by Gasteiger charge is -2.03. The van der Waals surface area contributed by atoms with Gasteiger partial charge in [-0.2, -0.15) is 0 Å². The molecule has 6 heteroatoms. The molecule has 2 heterocycles. The number of hydrogen-bond acceptors (Lipinski definition) is 5. The number of aromatic carboxylic acids is 1. The molecule has 0 atom stereocenters. The molecule has 18 heavy (non-hydrogen) atoms. The Balaban J connectivity index is 2.25. The van der Waals surface area contributed by atoms with Crippen molar-refractivity contribution in [3.8, 4) is 0 Å². The van der Waals surface area contributed by atoms with Crippen LogP contribution in [0.1, 0.15) is 21.9 Å². The fraction of sp³-hybridized carbons (Fsp3) is 0.167. The zero-order valence-corrected chi connectivity index (χ0v) is 10.7. The molecule has 0 bridgehead atoms. The second-order valence-electron chi connectivity index (χ2n) is 3.66. The summed E-state index contributed by atoms with van der Waals surface area (Å²) in [5.41, 5.74) is 1.78. The van der Waals surface area contributed by atoms with E-state index in [1.165, 1.54) is 24.0 Å². The fourth-order valence-corrected chi connectivity index (χ4v) is 2.11. The number of carbonyl (C=O) groups is 1. The SMILES string of the molecule is Cc1ncc(Sc2ccnc(C(=O)O)c2)nc1C. The summed E-state index contributed by atoms with van der Waals surface area (Å²) in [6.07, 6.45) is 3.15. The van der Waals surface area contributed by atoms with E-state index in [9.17, 15) is 4.79 Å². The van der Waals surface area contributed by atoms with E-state index in [-0.39, 0.29) is 5.69 Å². The Morgan fingerprint density at radius 1 is 1.28 bits per heavy atom. The smallest absolute Gasteiger partial charge is 0.354 e. The predicted octanol–water partition coefficient (Wildman–Crippen LogP) is 2.34. The lowest BCUT2D eigenvalue weighted by Crippen LogP contribution is -1.99. The Labute approximate surface area is 108 Å². The number of aryl methyl sites for hydroxylation is 2. The molecule has 0 aromatic carbocycles. The normalized spacial score (nSPS) is 10.3. The van der Waals surface area contributed by atoms with Gasteiger partial charge in [0.25, 0.3) is 0 Å². The summed E-state index contributed by atoms with van der Waals surface area (Å²) >= 11 is 1.37. The topological polar surface area (TPSA) is 76.0 Å². The van der Waals surface area contributed by atoms with Crippen LogP contribution in [0.2, 0.25) is 0 Å². The Morgan fingerprint density at radius 3 is 2.72 bits per heavy atom. The summed E-state index contributed by atoms with van der Waals surface area (Å²) in [5.74, 6) is -1.04. The third-order valence-electron chi connectivity index (χ3n) is 2.34. The quantitative estimate of drug-likeness (QED) is 0.913. The summed E-state index contributed by atoms with van der Waals surface area (Å²) in [4.78, 5) is 23.9. The van der Waals surface area contributed by atoms with Crippen molar-refractivity contribution in [2.75, 3.05) is 0 Å². The molecule has 0 unspecified atom stereocenters. The highest BCUT2D eigenvalue weighted by molar-refractivity contribution is 7.99. The molecule has 0 radical (unpaired) electrons. The molecule has 0 aliphatic carbocycles. The lowest BCUT2D eigenvalue weighted by atomic mass is 10.3. The van der Waals surface area contributed by atoms with Gasteiger partial charge in [0.15, 0.2) is 0 Å². The second-order valence-corrected chi connectivity index (χ2v) is 4.76. The van der Waals surface area contributed by atoms with Gasteiger partial charge in [0.1, 0.15) is 10.7 Å². The highest BCUT2D eigenvalue weighted by atomic mass is 32.2. The van der Waals surface area contributed by atoms with Crippen LogP contribution in [0, 0.1) is 13.8 Å². The molecule has 92 valence electrons. The van der Waals surface area contributed by atoms with Crippen LogP contribution in [0.25, 0.3) is 0 Å². The van der Waals surface area contributed by atoms with Gasteiger partial charge in [0, 0.05) is 11.1 Å². The summed E-state index contributed by atoms with van der Waals surface area (Å²) in [5, 5.41) is 9.59. The third kappa shape index (κ3) is 2.84. The molecule has 0 amide bonds. The standard InChI is InChI=1S/C12H11N3O2S/c1-7-8(2)15-11(6-14-7)18-9-3-4-13-10(5-9)12(16)17/h3-6H,1-2H3,(H,16,17). The molecule has 0 fully saturated rings. The van der Waals surface area contributed by atoms with Crippen molar-refractivity contribution >= 4 is 17.7 Å². The predicted molar refractivity (Wildman–Crippen MR) is 66.8 cm³/mol. The number of aromatic nitrogens is 3. The molecule has 2 aromatic heterocycles. The van der Waals surface area contributed by atoms with E-state index in [4.69, 9.17) is 5.11 Å². The summed E-state index contributed by atoms with van der Waals surface area (Å²) in [6, 6.07) is 3.26. The minimum atomic E-state index is -1.04. The summed E-state index contributed by atoms with van der Waals surface area (Å²) in [7, 11) is 0. The van der Waals surface area contributed by atoms with Crippen LogP contribution in [-0.2, 0) is 0 Å². The first-order valence-corrected chi connectivity index (χ1v) is 6.05. The molecule has 2 aromatic rings. The molecule has 0 spiro atoms. The van der Waals surface area contributed by atoms with Crippen LogP contribution in [0.4, 0.5) is 0 Å². The molecular formula is C12H11N3O2S. The number of hydrogen-bond donors (Lipinski definition) is 1. The van der Waals surface area contributed by atoms with E-state index in [0.717, 1.165) is 21.3 Å². The Bertz CT molecular complexity index is 602. The minimum Gasteiger partial charge on any atom is -0.477 e. The van der Waals surface area contributed by atoms with Crippen molar-refractivity contribution in [3.05, 3.63) is 41.6 Å². The van der Waals surface area contributed by atoms with E-state index >= 15 is 0 Å². The van der Waals surface area contributed by atoms with Crippen molar-refractivity contribution in [1.29, 1.82) is 0 Å². The average Bonchev–Trinajstić information content (AvgIpc) is 2.34. The maximum absolute atomic E-state index is 10.8. The Hall–Kier alpha value is -1.95. The van der Waals surface area contributed by atoms with Gasteiger partial charge in [-0.05, 0) is 26.0 Å². The molecule has 0 aliphatic rings. The first-order chi connectivity index (χ1) is 8.56. The number of carboxylic acids is 1.